The quantitative estimate of drug-likeness (QED) is 0.476. The van der Waals surface area contributed by atoms with Crippen molar-refractivity contribution in [1.29, 1.82) is 0 Å². The van der Waals surface area contributed by atoms with Crippen molar-refractivity contribution in [3.63, 3.8) is 0 Å². The molecular formula is C16H19NO4. The third-order valence-electron chi connectivity index (χ3n) is 2.97. The lowest BCUT2D eigenvalue weighted by Crippen LogP contribution is -2.38. The van der Waals surface area contributed by atoms with Gasteiger partial charge in [0.25, 0.3) is 5.91 Å². The number of esters is 1. The van der Waals surface area contributed by atoms with E-state index in [1.54, 1.807) is 29.2 Å². The summed E-state index contributed by atoms with van der Waals surface area (Å²) < 4.78 is 4.90. The lowest BCUT2D eigenvalue weighted by atomic mass is 10.1. The lowest BCUT2D eigenvalue weighted by molar-refractivity contribution is -0.131. The van der Waals surface area contributed by atoms with Crippen molar-refractivity contribution < 1.29 is 19.1 Å². The molecular weight excluding hydrogens is 270 g/mol. The Kier molecular flexibility index (Phi) is 6.33. The average molecular weight is 289 g/mol. The van der Waals surface area contributed by atoms with E-state index in [2.05, 4.69) is 13.2 Å². The van der Waals surface area contributed by atoms with Crippen LogP contribution in [0.5, 0.6) is 5.75 Å². The number of rotatable bonds is 2. The Morgan fingerprint density at radius 2 is 1.62 bits per heavy atom. The van der Waals surface area contributed by atoms with Gasteiger partial charge in [0, 0.05) is 38.4 Å². The van der Waals surface area contributed by atoms with Gasteiger partial charge in [0.1, 0.15) is 11.5 Å². The Morgan fingerprint density at radius 3 is 2.10 bits per heavy atom. The highest BCUT2D eigenvalue weighted by atomic mass is 16.5. The van der Waals surface area contributed by atoms with E-state index in [1.165, 1.54) is 6.92 Å². The second kappa shape index (κ2) is 7.99. The van der Waals surface area contributed by atoms with Gasteiger partial charge in [-0.2, -0.15) is 0 Å². The van der Waals surface area contributed by atoms with Crippen molar-refractivity contribution in [2.45, 2.75) is 19.8 Å². The molecule has 0 aliphatic carbocycles. The van der Waals surface area contributed by atoms with E-state index < -0.39 is 5.97 Å². The molecule has 5 heteroatoms. The molecule has 0 N–H and O–H groups in total. The largest absolute Gasteiger partial charge is 0.427 e. The maximum Gasteiger partial charge on any atom is 0.308 e. The smallest absolute Gasteiger partial charge is 0.308 e. The summed E-state index contributed by atoms with van der Waals surface area (Å²) in [4.78, 5) is 35.7. The van der Waals surface area contributed by atoms with Gasteiger partial charge < -0.3 is 9.64 Å². The highest BCUT2D eigenvalue weighted by molar-refractivity contribution is 5.95. The normalized spacial score (nSPS) is 14.0. The van der Waals surface area contributed by atoms with Crippen LogP contribution in [0.4, 0.5) is 0 Å². The minimum atomic E-state index is -0.395. The first-order valence-corrected chi connectivity index (χ1v) is 6.66. The molecule has 0 spiro atoms. The van der Waals surface area contributed by atoms with Crippen molar-refractivity contribution in [1.82, 2.24) is 4.90 Å². The minimum absolute atomic E-state index is 0.0955. The third-order valence-corrected chi connectivity index (χ3v) is 2.97. The Hall–Kier alpha value is -2.43. The summed E-state index contributed by atoms with van der Waals surface area (Å²) in [5.41, 5.74) is 0.533. The Balaban J connectivity index is 0.00000106. The number of hydrogen-bond donors (Lipinski definition) is 0. The monoisotopic (exact) mass is 289 g/mol. The van der Waals surface area contributed by atoms with Crippen LogP contribution in [0.1, 0.15) is 30.1 Å². The summed E-state index contributed by atoms with van der Waals surface area (Å²) in [6.45, 7) is 8.27. The summed E-state index contributed by atoms with van der Waals surface area (Å²) in [6, 6.07) is 6.42. The van der Waals surface area contributed by atoms with Crippen LogP contribution >= 0.6 is 0 Å². The molecule has 1 aliphatic rings. The molecule has 1 aliphatic heterocycles. The maximum absolute atomic E-state index is 12.1. The van der Waals surface area contributed by atoms with E-state index in [0.29, 0.717) is 37.2 Å². The molecule has 0 unspecified atom stereocenters. The van der Waals surface area contributed by atoms with Crippen LogP contribution in [-0.4, -0.2) is 35.6 Å². The van der Waals surface area contributed by atoms with Crippen LogP contribution in [0.2, 0.25) is 0 Å². The molecule has 1 heterocycles. The zero-order valence-electron chi connectivity index (χ0n) is 12.1. The lowest BCUT2D eigenvalue weighted by Gasteiger charge is -2.26. The molecule has 21 heavy (non-hydrogen) atoms. The molecule has 0 atom stereocenters. The average Bonchev–Trinajstić information content (AvgIpc) is 2.49. The number of carbonyl (C=O) groups is 3. The number of ketones is 1. The van der Waals surface area contributed by atoms with Gasteiger partial charge in [-0.15, -0.1) is 13.2 Å². The number of nitrogens with zero attached hydrogens (tertiary/aromatic N) is 1. The predicted octanol–water partition coefficient (Wildman–Crippen LogP) is 2.22. The fraction of sp³-hybridized carbons (Fsp3) is 0.312. The molecule has 1 aromatic rings. The second-order valence-electron chi connectivity index (χ2n) is 4.45. The Morgan fingerprint density at radius 1 is 1.10 bits per heavy atom. The molecule has 0 saturated carbocycles. The Labute approximate surface area is 124 Å². The first kappa shape index (κ1) is 16.6. The van der Waals surface area contributed by atoms with Gasteiger partial charge in [0.05, 0.1) is 0 Å². The number of ether oxygens (including phenoxy) is 1. The number of likely N-dealkylation sites (tertiary alicyclic amines) is 1. The number of benzene rings is 1. The second-order valence-corrected chi connectivity index (χ2v) is 4.45. The molecule has 2 rings (SSSR count). The Bertz CT molecular complexity index is 512. The summed E-state index contributed by atoms with van der Waals surface area (Å²) in [7, 11) is 0. The van der Waals surface area contributed by atoms with Crippen molar-refractivity contribution in [2.24, 2.45) is 0 Å². The zero-order valence-corrected chi connectivity index (χ0v) is 12.1. The molecule has 1 saturated heterocycles. The van der Waals surface area contributed by atoms with Crippen molar-refractivity contribution in [3.05, 3.63) is 43.0 Å². The SMILES string of the molecule is C=C.CC(=O)Oc1ccc(C(=O)N2CCC(=O)CC2)cc1. The van der Waals surface area contributed by atoms with E-state index in [0.717, 1.165) is 0 Å². The standard InChI is InChI=1S/C14H15NO4.C2H4/c1-10(16)19-13-4-2-11(3-5-13)14(18)15-8-6-12(17)7-9-15;1-2/h2-5H,6-9H2,1H3;1-2H2. The van der Waals surface area contributed by atoms with Gasteiger partial charge in [-0.05, 0) is 24.3 Å². The van der Waals surface area contributed by atoms with Gasteiger partial charge in [-0.3, -0.25) is 14.4 Å². The molecule has 1 aromatic carbocycles. The molecule has 112 valence electrons. The fourth-order valence-corrected chi connectivity index (χ4v) is 1.97. The van der Waals surface area contributed by atoms with Gasteiger partial charge in [-0.25, -0.2) is 0 Å². The maximum atomic E-state index is 12.1. The minimum Gasteiger partial charge on any atom is -0.427 e. The summed E-state index contributed by atoms with van der Waals surface area (Å²) in [5, 5.41) is 0. The zero-order chi connectivity index (χ0) is 15.8. The van der Waals surface area contributed by atoms with Gasteiger partial charge in [-0.1, -0.05) is 0 Å². The molecule has 0 aromatic heterocycles. The van der Waals surface area contributed by atoms with Crippen LogP contribution in [0.15, 0.2) is 37.4 Å². The fourth-order valence-electron chi connectivity index (χ4n) is 1.97. The van der Waals surface area contributed by atoms with Crippen molar-refractivity contribution >= 4 is 17.7 Å². The molecule has 5 nitrogen and oxygen atoms in total. The number of Topliss-reactive ketones (excluding diaryl/α,β-unsaturated/α-hetero) is 1. The summed E-state index contributed by atoms with van der Waals surface area (Å²) in [5.74, 6) is 0.127. The van der Waals surface area contributed by atoms with Gasteiger partial charge in [0.15, 0.2) is 0 Å². The van der Waals surface area contributed by atoms with Crippen LogP contribution in [0, 0.1) is 0 Å². The van der Waals surface area contributed by atoms with Crippen molar-refractivity contribution in [2.75, 3.05) is 13.1 Å². The first-order valence-electron chi connectivity index (χ1n) is 6.66. The van der Waals surface area contributed by atoms with E-state index in [-0.39, 0.29) is 11.7 Å². The highest BCUT2D eigenvalue weighted by Gasteiger charge is 2.21. The summed E-state index contributed by atoms with van der Waals surface area (Å²) in [6.07, 6.45) is 0.856. The molecule has 0 radical (unpaired) electrons. The van der Waals surface area contributed by atoms with E-state index in [1.807, 2.05) is 0 Å². The van der Waals surface area contributed by atoms with Gasteiger partial charge >= 0.3 is 5.97 Å². The van der Waals surface area contributed by atoms with Crippen LogP contribution in [-0.2, 0) is 9.59 Å². The number of amides is 1. The van der Waals surface area contributed by atoms with Crippen LogP contribution in [0.25, 0.3) is 0 Å². The molecule has 0 bridgehead atoms. The van der Waals surface area contributed by atoms with Crippen molar-refractivity contribution in [3.8, 4) is 5.75 Å². The molecule has 1 fully saturated rings. The molecule has 1 amide bonds. The number of hydrogen-bond acceptors (Lipinski definition) is 4. The summed E-state index contributed by atoms with van der Waals surface area (Å²) >= 11 is 0. The van der Waals surface area contributed by atoms with E-state index in [9.17, 15) is 14.4 Å². The van der Waals surface area contributed by atoms with Crippen LogP contribution < -0.4 is 4.74 Å². The highest BCUT2D eigenvalue weighted by Crippen LogP contribution is 2.16. The predicted molar refractivity (Wildman–Crippen MR) is 79.1 cm³/mol. The first-order chi connectivity index (χ1) is 10.1. The van der Waals surface area contributed by atoms with Crippen LogP contribution in [0.3, 0.4) is 0 Å². The van der Waals surface area contributed by atoms with E-state index >= 15 is 0 Å². The number of carbonyl (C=O) groups excluding carboxylic acids is 3. The number of piperidine rings is 1. The topological polar surface area (TPSA) is 63.7 Å². The van der Waals surface area contributed by atoms with Gasteiger partial charge in [0.2, 0.25) is 0 Å². The van der Waals surface area contributed by atoms with E-state index in [4.69, 9.17) is 4.74 Å². The third kappa shape index (κ3) is 4.87.